The van der Waals surface area contributed by atoms with Crippen LogP contribution in [0.1, 0.15) is 12.8 Å². The zero-order valence-corrected chi connectivity index (χ0v) is 4.48. The normalized spacial score (nSPS) is 37.6. The van der Waals surface area contributed by atoms with E-state index in [4.69, 9.17) is 5.11 Å². The van der Waals surface area contributed by atoms with Gasteiger partial charge in [0.1, 0.15) is 0 Å². The van der Waals surface area contributed by atoms with Crippen molar-refractivity contribution in [2.45, 2.75) is 18.6 Å². The van der Waals surface area contributed by atoms with E-state index < -0.39 is 5.72 Å². The Morgan fingerprint density at radius 2 is 2.50 bits per heavy atom. The van der Waals surface area contributed by atoms with E-state index in [-0.39, 0.29) is 0 Å². The van der Waals surface area contributed by atoms with E-state index in [9.17, 15) is 4.79 Å². The van der Waals surface area contributed by atoms with Gasteiger partial charge in [0, 0.05) is 0 Å². The number of nitrogens with one attached hydrogen (secondary N) is 1. The van der Waals surface area contributed by atoms with Crippen LogP contribution in [0.15, 0.2) is 0 Å². The summed E-state index contributed by atoms with van der Waals surface area (Å²) in [5.41, 5.74) is -1.32. The second-order valence-electron chi connectivity index (χ2n) is 1.99. The molecule has 0 aromatic rings. The van der Waals surface area contributed by atoms with Gasteiger partial charge in [-0.3, -0.25) is 10.1 Å². The third kappa shape index (κ3) is 0.877. The number of rotatable bonds is 1. The molecule has 1 atom stereocenters. The number of hydrogen-bond acceptors (Lipinski definition) is 3. The van der Waals surface area contributed by atoms with E-state index in [0.717, 1.165) is 6.42 Å². The minimum atomic E-state index is -1.32. The van der Waals surface area contributed by atoms with Crippen molar-refractivity contribution in [2.24, 2.45) is 0 Å². The molecule has 0 saturated carbocycles. The highest BCUT2D eigenvalue weighted by atomic mass is 16.3. The van der Waals surface area contributed by atoms with Crippen LogP contribution >= 0.6 is 0 Å². The standard InChI is InChI=1S/C5H8NO2/c7-4-5(8)2-1-3-6-5/h6,8H,1-3H2. The van der Waals surface area contributed by atoms with Crippen molar-refractivity contribution >= 4 is 6.29 Å². The summed E-state index contributed by atoms with van der Waals surface area (Å²) in [5.74, 6) is 0. The molecule has 1 aliphatic rings. The fourth-order valence-electron chi connectivity index (χ4n) is 0.815. The minimum absolute atomic E-state index is 0.497. The summed E-state index contributed by atoms with van der Waals surface area (Å²) in [5, 5.41) is 11.6. The van der Waals surface area contributed by atoms with Crippen molar-refractivity contribution in [3.8, 4) is 0 Å². The maximum absolute atomic E-state index is 9.89. The molecule has 3 heteroatoms. The van der Waals surface area contributed by atoms with Gasteiger partial charge in [-0.15, -0.1) is 0 Å². The molecule has 0 bridgehead atoms. The highest BCUT2D eigenvalue weighted by molar-refractivity contribution is 5.62. The lowest BCUT2D eigenvalue weighted by Crippen LogP contribution is -2.40. The average Bonchev–Trinajstić information content (AvgIpc) is 2.17. The Kier molecular flexibility index (Phi) is 1.31. The number of aliphatic hydroxyl groups is 1. The molecule has 1 saturated heterocycles. The Labute approximate surface area is 47.7 Å². The third-order valence-electron chi connectivity index (χ3n) is 1.30. The molecule has 8 heavy (non-hydrogen) atoms. The van der Waals surface area contributed by atoms with E-state index in [1.54, 1.807) is 0 Å². The predicted molar refractivity (Wildman–Crippen MR) is 27.9 cm³/mol. The van der Waals surface area contributed by atoms with E-state index in [1.165, 1.54) is 6.29 Å². The monoisotopic (exact) mass is 114 g/mol. The van der Waals surface area contributed by atoms with Crippen molar-refractivity contribution in [3.05, 3.63) is 0 Å². The van der Waals surface area contributed by atoms with Crippen molar-refractivity contribution < 1.29 is 9.90 Å². The summed E-state index contributed by atoms with van der Waals surface area (Å²) in [7, 11) is 0. The molecule has 1 unspecified atom stereocenters. The molecule has 0 aromatic carbocycles. The van der Waals surface area contributed by atoms with Crippen LogP contribution in [0.4, 0.5) is 0 Å². The average molecular weight is 114 g/mol. The predicted octanol–water partition coefficient (Wildman–Crippen LogP) is -0.832. The molecule has 45 valence electrons. The Morgan fingerprint density at radius 3 is 2.75 bits per heavy atom. The highest BCUT2D eigenvalue weighted by Crippen LogP contribution is 2.11. The molecular weight excluding hydrogens is 106 g/mol. The van der Waals surface area contributed by atoms with Crippen molar-refractivity contribution in [3.63, 3.8) is 0 Å². The van der Waals surface area contributed by atoms with Gasteiger partial charge in [-0.1, -0.05) is 0 Å². The van der Waals surface area contributed by atoms with Gasteiger partial charge in [0.15, 0.2) is 5.72 Å². The molecule has 1 heterocycles. The smallest absolute Gasteiger partial charge is 0.249 e. The first kappa shape index (κ1) is 5.72. The molecule has 0 amide bonds. The quantitative estimate of drug-likeness (QED) is 0.467. The van der Waals surface area contributed by atoms with Gasteiger partial charge in [0.2, 0.25) is 6.29 Å². The molecule has 1 fully saturated rings. The first-order valence-corrected chi connectivity index (χ1v) is 2.63. The molecule has 0 aliphatic carbocycles. The van der Waals surface area contributed by atoms with Gasteiger partial charge in [0.25, 0.3) is 0 Å². The zero-order chi connectivity index (χ0) is 6.04. The van der Waals surface area contributed by atoms with E-state index in [2.05, 4.69) is 5.32 Å². The van der Waals surface area contributed by atoms with Crippen LogP contribution in [-0.2, 0) is 4.79 Å². The molecule has 1 rings (SSSR count). The highest BCUT2D eigenvalue weighted by Gasteiger charge is 2.30. The third-order valence-corrected chi connectivity index (χ3v) is 1.30. The summed E-state index contributed by atoms with van der Waals surface area (Å²) in [6.07, 6.45) is 2.88. The second-order valence-corrected chi connectivity index (χ2v) is 1.99. The minimum Gasteiger partial charge on any atom is -0.368 e. The van der Waals surface area contributed by atoms with Crippen LogP contribution in [-0.4, -0.2) is 23.7 Å². The molecule has 1 aliphatic heterocycles. The topological polar surface area (TPSA) is 49.3 Å². The van der Waals surface area contributed by atoms with E-state index >= 15 is 0 Å². The van der Waals surface area contributed by atoms with Gasteiger partial charge < -0.3 is 5.11 Å². The molecule has 1 radical (unpaired) electrons. The lowest BCUT2D eigenvalue weighted by molar-refractivity contribution is 0.0932. The lowest BCUT2D eigenvalue weighted by atomic mass is 10.2. The molecule has 0 aromatic heterocycles. The van der Waals surface area contributed by atoms with Gasteiger partial charge in [-0.05, 0) is 19.4 Å². The molecule has 3 nitrogen and oxygen atoms in total. The Hall–Kier alpha value is -0.410. The molecular formula is C5H8NO2. The van der Waals surface area contributed by atoms with Gasteiger partial charge in [0.05, 0.1) is 0 Å². The summed E-state index contributed by atoms with van der Waals surface area (Å²) in [6.45, 7) is 0.714. The fraction of sp³-hybridized carbons (Fsp3) is 0.800. The summed E-state index contributed by atoms with van der Waals surface area (Å²) in [6, 6.07) is 0. The van der Waals surface area contributed by atoms with Gasteiger partial charge >= 0.3 is 0 Å². The van der Waals surface area contributed by atoms with Crippen LogP contribution in [0.25, 0.3) is 0 Å². The first-order valence-electron chi connectivity index (χ1n) is 2.63. The summed E-state index contributed by atoms with van der Waals surface area (Å²) < 4.78 is 0. The molecule has 0 spiro atoms. The SMILES string of the molecule is O=[C]C1(O)CCCN1. The van der Waals surface area contributed by atoms with Crippen LogP contribution in [0.5, 0.6) is 0 Å². The van der Waals surface area contributed by atoms with Crippen LogP contribution in [0.2, 0.25) is 0 Å². The van der Waals surface area contributed by atoms with Crippen molar-refractivity contribution in [1.82, 2.24) is 5.32 Å². The van der Waals surface area contributed by atoms with Crippen LogP contribution in [0, 0.1) is 0 Å². The summed E-state index contributed by atoms with van der Waals surface area (Å²) >= 11 is 0. The van der Waals surface area contributed by atoms with E-state index in [1.807, 2.05) is 0 Å². The zero-order valence-electron chi connectivity index (χ0n) is 4.48. The van der Waals surface area contributed by atoms with Gasteiger partial charge in [-0.2, -0.15) is 0 Å². The molecule has 2 N–H and O–H groups in total. The maximum atomic E-state index is 9.89. The Morgan fingerprint density at radius 1 is 1.75 bits per heavy atom. The fourth-order valence-corrected chi connectivity index (χ4v) is 0.815. The van der Waals surface area contributed by atoms with Crippen LogP contribution < -0.4 is 5.32 Å². The van der Waals surface area contributed by atoms with Crippen molar-refractivity contribution in [1.29, 1.82) is 0 Å². The van der Waals surface area contributed by atoms with Crippen molar-refractivity contribution in [2.75, 3.05) is 6.54 Å². The Bertz CT molecular complexity index is 96.6. The maximum Gasteiger partial charge on any atom is 0.249 e. The van der Waals surface area contributed by atoms with Crippen LogP contribution in [0.3, 0.4) is 0 Å². The number of carbonyl (C=O) groups excluding carboxylic acids is 1. The summed E-state index contributed by atoms with van der Waals surface area (Å²) in [4.78, 5) is 9.89. The Balaban J connectivity index is 2.52. The van der Waals surface area contributed by atoms with Gasteiger partial charge in [-0.25, -0.2) is 0 Å². The number of hydrogen-bond donors (Lipinski definition) is 2. The largest absolute Gasteiger partial charge is 0.368 e. The van der Waals surface area contributed by atoms with E-state index in [0.29, 0.717) is 13.0 Å². The second kappa shape index (κ2) is 1.84. The lowest BCUT2D eigenvalue weighted by Gasteiger charge is -2.10. The first-order chi connectivity index (χ1) is 3.77.